The first-order chi connectivity index (χ1) is 2.56. The second kappa shape index (κ2) is 1.92. The number of thiol groups is 1. The van der Waals surface area contributed by atoms with Crippen LogP contribution in [0, 0.1) is 0 Å². The molecule has 0 heterocycles. The first-order valence-electron chi connectivity index (χ1n) is 2.28. The van der Waals surface area contributed by atoms with Gasteiger partial charge in [0.1, 0.15) is 7.85 Å². The molecule has 0 spiro atoms. The van der Waals surface area contributed by atoms with Crippen LogP contribution in [-0.2, 0) is 0 Å². The normalized spacial score (nSPS) is 19.8. The van der Waals surface area contributed by atoms with Crippen molar-refractivity contribution in [2.75, 3.05) is 0 Å². The van der Waals surface area contributed by atoms with Crippen LogP contribution in [0.5, 0.6) is 0 Å². The summed E-state index contributed by atoms with van der Waals surface area (Å²) in [6.45, 7) is 4.24. The van der Waals surface area contributed by atoms with Gasteiger partial charge in [-0.15, -0.1) is 0 Å². The van der Waals surface area contributed by atoms with Crippen LogP contribution in [0.15, 0.2) is 0 Å². The van der Waals surface area contributed by atoms with Crippen LogP contribution in [0.2, 0.25) is 0 Å². The van der Waals surface area contributed by atoms with Crippen LogP contribution in [0.1, 0.15) is 20.3 Å². The summed E-state index contributed by atoms with van der Waals surface area (Å²) >= 11 is 4.25. The van der Waals surface area contributed by atoms with Crippen LogP contribution < -0.4 is 0 Å². The maximum Gasteiger partial charge on any atom is 0.121 e. The zero-order valence-electron chi connectivity index (χ0n) is 4.65. The number of rotatable bonds is 1. The minimum Gasteiger partial charge on any atom is -0.182 e. The van der Waals surface area contributed by atoms with Crippen LogP contribution in [0.3, 0.4) is 0 Å². The maximum atomic E-state index is 4.25. The van der Waals surface area contributed by atoms with Gasteiger partial charge in [-0.2, -0.15) is 12.6 Å². The quantitative estimate of drug-likeness (QED) is 0.365. The maximum absolute atomic E-state index is 4.25. The molecule has 0 aliphatic rings. The fourth-order valence-electron chi connectivity index (χ4n) is 0. The van der Waals surface area contributed by atoms with Gasteiger partial charge >= 0.3 is 0 Å². The van der Waals surface area contributed by atoms with E-state index in [0.29, 0.717) is 0 Å². The molecule has 2 heteroatoms. The fraction of sp³-hybridized carbons (Fsp3) is 1.00. The minimum atomic E-state index is 0.236. The predicted octanol–water partition coefficient (Wildman–Crippen LogP) is 0.675. The third kappa shape index (κ3) is 4.41. The summed E-state index contributed by atoms with van der Waals surface area (Å²) in [5.41, 5.74) is 0. The van der Waals surface area contributed by atoms with Crippen molar-refractivity contribution in [1.82, 2.24) is 0 Å². The molecular weight excluding hydrogens is 90.9 g/mol. The molecule has 1 unspecified atom stereocenters. The van der Waals surface area contributed by atoms with Crippen molar-refractivity contribution in [3.63, 3.8) is 0 Å². The molecule has 0 aromatic heterocycles. The lowest BCUT2D eigenvalue weighted by Gasteiger charge is -2.11. The van der Waals surface area contributed by atoms with Crippen molar-refractivity contribution >= 4 is 20.5 Å². The van der Waals surface area contributed by atoms with Crippen molar-refractivity contribution in [1.29, 1.82) is 0 Å². The first kappa shape index (κ1) is 6.41. The van der Waals surface area contributed by atoms with Gasteiger partial charge < -0.3 is 0 Å². The van der Waals surface area contributed by atoms with E-state index in [1.165, 1.54) is 0 Å². The molecule has 0 nitrogen and oxygen atoms in total. The van der Waals surface area contributed by atoms with E-state index in [4.69, 9.17) is 0 Å². The lowest BCUT2D eigenvalue weighted by molar-refractivity contribution is 0.839. The average molecular weight is 102 g/mol. The second-order valence-corrected chi connectivity index (χ2v) is 3.38. The van der Waals surface area contributed by atoms with Crippen molar-refractivity contribution in [2.24, 2.45) is 0 Å². The van der Waals surface area contributed by atoms with E-state index < -0.39 is 0 Å². The summed E-state index contributed by atoms with van der Waals surface area (Å²) in [7, 11) is 2.11. The van der Waals surface area contributed by atoms with Crippen LogP contribution in [0.4, 0.5) is 0 Å². The fourth-order valence-corrected chi connectivity index (χ4v) is 0. The van der Waals surface area contributed by atoms with Crippen molar-refractivity contribution in [3.8, 4) is 0 Å². The molecular formula is C4H11BS. The summed E-state index contributed by atoms with van der Waals surface area (Å²) in [6.07, 6.45) is 1.14. The molecule has 0 saturated heterocycles. The SMILES string of the molecule is BC(C)(S)CC. The van der Waals surface area contributed by atoms with E-state index in [1.807, 2.05) is 0 Å². The Morgan fingerprint density at radius 1 is 1.83 bits per heavy atom. The molecule has 0 fully saturated rings. The second-order valence-electron chi connectivity index (χ2n) is 2.17. The van der Waals surface area contributed by atoms with Gasteiger partial charge in [0.05, 0.1) is 0 Å². The van der Waals surface area contributed by atoms with Gasteiger partial charge in [-0.1, -0.05) is 13.8 Å². The lowest BCUT2D eigenvalue weighted by Crippen LogP contribution is -2.12. The molecule has 0 rings (SSSR count). The molecule has 0 amide bonds. The molecule has 0 N–H and O–H groups in total. The lowest BCUT2D eigenvalue weighted by atomic mass is 9.86. The summed E-state index contributed by atoms with van der Waals surface area (Å²) in [5.74, 6) is 0. The van der Waals surface area contributed by atoms with Gasteiger partial charge in [0, 0.05) is 0 Å². The molecule has 0 aromatic carbocycles. The average Bonchev–Trinajstić information content (AvgIpc) is 1.35. The molecule has 0 aliphatic heterocycles. The van der Waals surface area contributed by atoms with E-state index in [2.05, 4.69) is 34.3 Å². The Morgan fingerprint density at radius 3 is 2.00 bits per heavy atom. The van der Waals surface area contributed by atoms with Gasteiger partial charge in [0.15, 0.2) is 0 Å². The highest BCUT2D eigenvalue weighted by Gasteiger charge is 2.05. The Morgan fingerprint density at radius 2 is 2.00 bits per heavy atom. The molecule has 1 atom stereocenters. The van der Waals surface area contributed by atoms with Gasteiger partial charge in [-0.3, -0.25) is 0 Å². The predicted molar refractivity (Wildman–Crippen MR) is 36.2 cm³/mol. The molecule has 6 heavy (non-hydrogen) atoms. The third-order valence-electron chi connectivity index (χ3n) is 0.865. The van der Waals surface area contributed by atoms with E-state index in [1.54, 1.807) is 0 Å². The Balaban J connectivity index is 3.17. The molecule has 0 bridgehead atoms. The Kier molecular flexibility index (Phi) is 2.05. The Labute approximate surface area is 46.1 Å². The van der Waals surface area contributed by atoms with Crippen LogP contribution >= 0.6 is 12.6 Å². The highest BCUT2D eigenvalue weighted by Crippen LogP contribution is 2.10. The van der Waals surface area contributed by atoms with Crippen LogP contribution in [-0.4, -0.2) is 12.5 Å². The highest BCUT2D eigenvalue weighted by atomic mass is 32.1. The highest BCUT2D eigenvalue weighted by molar-refractivity contribution is 7.83. The van der Waals surface area contributed by atoms with Crippen LogP contribution in [0.25, 0.3) is 0 Å². The monoisotopic (exact) mass is 102 g/mol. The largest absolute Gasteiger partial charge is 0.182 e. The Hall–Kier alpha value is 0.415. The van der Waals surface area contributed by atoms with Gasteiger partial charge in [-0.05, 0) is 11.1 Å². The van der Waals surface area contributed by atoms with E-state index >= 15 is 0 Å². The summed E-state index contributed by atoms with van der Waals surface area (Å²) in [6, 6.07) is 0. The van der Waals surface area contributed by atoms with Crippen molar-refractivity contribution in [2.45, 2.75) is 24.9 Å². The van der Waals surface area contributed by atoms with E-state index in [9.17, 15) is 0 Å². The number of hydrogen-bond acceptors (Lipinski definition) is 1. The molecule has 0 radical (unpaired) electrons. The van der Waals surface area contributed by atoms with Crippen molar-refractivity contribution < 1.29 is 0 Å². The molecule has 36 valence electrons. The van der Waals surface area contributed by atoms with Crippen molar-refractivity contribution in [3.05, 3.63) is 0 Å². The summed E-state index contributed by atoms with van der Waals surface area (Å²) in [5, 5.41) is 0. The standard InChI is InChI=1S/C4H11BS/c1-3-4(2,5)6/h6H,3,5H2,1-2H3. The topological polar surface area (TPSA) is 0 Å². The zero-order valence-corrected chi connectivity index (χ0v) is 5.55. The summed E-state index contributed by atoms with van der Waals surface area (Å²) < 4.78 is 0.236. The third-order valence-corrected chi connectivity index (χ3v) is 1.18. The summed E-state index contributed by atoms with van der Waals surface area (Å²) in [4.78, 5) is 0. The number of hydrogen-bond donors (Lipinski definition) is 1. The first-order valence-corrected chi connectivity index (χ1v) is 2.73. The van der Waals surface area contributed by atoms with Gasteiger partial charge in [-0.25, -0.2) is 0 Å². The van der Waals surface area contributed by atoms with E-state index in [0.717, 1.165) is 6.42 Å². The zero-order chi connectivity index (χ0) is 5.21. The van der Waals surface area contributed by atoms with Gasteiger partial charge in [0.25, 0.3) is 0 Å². The molecule has 0 saturated carbocycles. The van der Waals surface area contributed by atoms with Gasteiger partial charge in [0.2, 0.25) is 0 Å². The van der Waals surface area contributed by atoms with E-state index in [-0.39, 0.29) is 4.65 Å². The molecule has 0 aromatic rings. The Bertz CT molecular complexity index is 37.3. The minimum absolute atomic E-state index is 0.236. The molecule has 0 aliphatic carbocycles. The smallest absolute Gasteiger partial charge is 0.121 e.